The van der Waals surface area contributed by atoms with Gasteiger partial charge in [-0.05, 0) is 50.1 Å². The molecule has 1 amide bonds. The number of sulfonamides is 1. The van der Waals surface area contributed by atoms with Crippen molar-refractivity contribution in [2.75, 3.05) is 4.31 Å². The quantitative estimate of drug-likeness (QED) is 0.480. The number of carbonyl (C=O) groups is 1. The van der Waals surface area contributed by atoms with Crippen molar-refractivity contribution in [2.24, 2.45) is 0 Å². The Morgan fingerprint density at radius 1 is 0.938 bits per heavy atom. The standard InChI is InChI=1S/C26H30N2O3S/c1-4-10-21(3)27-26(29)24-13-8-9-14-25(24)28(19-22-11-6-5-7-12-22)32(30,31)23-17-15-20(2)16-18-23/h5-9,11-18,21H,4,10,19H2,1-3H3,(H,27,29)/t21-/m1/s1. The first-order valence-corrected chi connectivity index (χ1v) is 12.3. The minimum atomic E-state index is -3.91. The van der Waals surface area contributed by atoms with Crippen LogP contribution in [0.4, 0.5) is 5.69 Å². The first-order valence-electron chi connectivity index (χ1n) is 10.9. The van der Waals surface area contributed by atoms with E-state index in [0.29, 0.717) is 11.3 Å². The summed E-state index contributed by atoms with van der Waals surface area (Å²) in [6, 6.07) is 23.0. The Morgan fingerprint density at radius 2 is 1.56 bits per heavy atom. The number of benzene rings is 3. The number of amides is 1. The summed E-state index contributed by atoms with van der Waals surface area (Å²) >= 11 is 0. The number of hydrogen-bond acceptors (Lipinski definition) is 3. The van der Waals surface area contributed by atoms with Crippen LogP contribution in [0.5, 0.6) is 0 Å². The van der Waals surface area contributed by atoms with E-state index in [1.54, 1.807) is 48.5 Å². The molecule has 0 aliphatic carbocycles. The maximum Gasteiger partial charge on any atom is 0.264 e. The molecule has 32 heavy (non-hydrogen) atoms. The van der Waals surface area contributed by atoms with Crippen molar-refractivity contribution in [3.05, 3.63) is 95.6 Å². The summed E-state index contributed by atoms with van der Waals surface area (Å²) in [5, 5.41) is 2.99. The molecule has 1 N–H and O–H groups in total. The summed E-state index contributed by atoms with van der Waals surface area (Å²) in [6.07, 6.45) is 1.80. The van der Waals surface area contributed by atoms with Crippen LogP contribution in [0, 0.1) is 6.92 Å². The van der Waals surface area contributed by atoms with Crippen LogP contribution in [-0.4, -0.2) is 20.4 Å². The number of rotatable bonds is 9. The van der Waals surface area contributed by atoms with E-state index in [9.17, 15) is 13.2 Å². The molecule has 0 saturated carbocycles. The highest BCUT2D eigenvalue weighted by Gasteiger charge is 2.28. The van der Waals surface area contributed by atoms with Crippen molar-refractivity contribution < 1.29 is 13.2 Å². The van der Waals surface area contributed by atoms with E-state index in [2.05, 4.69) is 12.2 Å². The van der Waals surface area contributed by atoms with Crippen molar-refractivity contribution in [3.8, 4) is 0 Å². The Bertz CT molecular complexity index is 1140. The van der Waals surface area contributed by atoms with Gasteiger partial charge in [-0.1, -0.05) is 73.5 Å². The fraction of sp³-hybridized carbons (Fsp3) is 0.269. The molecule has 0 spiro atoms. The fourth-order valence-electron chi connectivity index (χ4n) is 3.58. The second-order valence-electron chi connectivity index (χ2n) is 7.99. The van der Waals surface area contributed by atoms with E-state index >= 15 is 0 Å². The van der Waals surface area contributed by atoms with Crippen molar-refractivity contribution in [2.45, 2.75) is 51.1 Å². The maximum absolute atomic E-state index is 13.7. The lowest BCUT2D eigenvalue weighted by molar-refractivity contribution is 0.0939. The van der Waals surface area contributed by atoms with Gasteiger partial charge in [0.2, 0.25) is 0 Å². The molecule has 0 radical (unpaired) electrons. The van der Waals surface area contributed by atoms with Gasteiger partial charge in [-0.3, -0.25) is 9.10 Å². The number of para-hydroxylation sites is 1. The Labute approximate surface area is 191 Å². The molecule has 0 unspecified atom stereocenters. The van der Waals surface area contributed by atoms with Crippen LogP contribution < -0.4 is 9.62 Å². The van der Waals surface area contributed by atoms with Crippen molar-refractivity contribution in [1.82, 2.24) is 5.32 Å². The highest BCUT2D eigenvalue weighted by Crippen LogP contribution is 2.29. The zero-order valence-corrected chi connectivity index (χ0v) is 19.6. The molecular weight excluding hydrogens is 420 g/mol. The van der Waals surface area contributed by atoms with Gasteiger partial charge in [-0.2, -0.15) is 0 Å². The van der Waals surface area contributed by atoms with Gasteiger partial charge in [0, 0.05) is 6.04 Å². The van der Waals surface area contributed by atoms with Gasteiger partial charge in [0.05, 0.1) is 22.7 Å². The van der Waals surface area contributed by atoms with E-state index in [-0.39, 0.29) is 23.4 Å². The summed E-state index contributed by atoms with van der Waals surface area (Å²) in [7, 11) is -3.91. The monoisotopic (exact) mass is 450 g/mol. The van der Waals surface area contributed by atoms with Gasteiger partial charge in [0.15, 0.2) is 0 Å². The minimum absolute atomic E-state index is 0.00293. The van der Waals surface area contributed by atoms with Gasteiger partial charge in [-0.25, -0.2) is 8.42 Å². The van der Waals surface area contributed by atoms with Gasteiger partial charge >= 0.3 is 0 Å². The summed E-state index contributed by atoms with van der Waals surface area (Å²) in [5.74, 6) is -0.279. The molecule has 3 rings (SSSR count). The van der Waals surface area contributed by atoms with Crippen LogP contribution in [-0.2, 0) is 16.6 Å². The Hall–Kier alpha value is -3.12. The Morgan fingerprint density at radius 3 is 2.22 bits per heavy atom. The molecule has 3 aromatic carbocycles. The lowest BCUT2D eigenvalue weighted by Gasteiger charge is -2.27. The third-order valence-corrected chi connectivity index (χ3v) is 7.07. The predicted molar refractivity (Wildman–Crippen MR) is 129 cm³/mol. The number of aryl methyl sites for hydroxylation is 1. The molecule has 0 heterocycles. The van der Waals surface area contributed by atoms with Crippen molar-refractivity contribution in [3.63, 3.8) is 0 Å². The van der Waals surface area contributed by atoms with Gasteiger partial charge in [-0.15, -0.1) is 0 Å². The van der Waals surface area contributed by atoms with Crippen molar-refractivity contribution >= 4 is 21.6 Å². The topological polar surface area (TPSA) is 66.5 Å². The molecule has 0 aliphatic heterocycles. The van der Waals surface area contributed by atoms with E-state index in [0.717, 1.165) is 24.0 Å². The third-order valence-electron chi connectivity index (χ3n) is 5.29. The smallest absolute Gasteiger partial charge is 0.264 e. The Balaban J connectivity index is 2.08. The molecular formula is C26H30N2O3S. The zero-order valence-electron chi connectivity index (χ0n) is 18.8. The average molecular weight is 451 g/mol. The first-order chi connectivity index (χ1) is 15.3. The first kappa shape index (κ1) is 23.5. The van der Waals surface area contributed by atoms with E-state index in [4.69, 9.17) is 0 Å². The maximum atomic E-state index is 13.7. The molecule has 6 heteroatoms. The molecule has 168 valence electrons. The van der Waals surface area contributed by atoms with Crippen LogP contribution in [0.2, 0.25) is 0 Å². The minimum Gasteiger partial charge on any atom is -0.350 e. The van der Waals surface area contributed by atoms with Crippen LogP contribution in [0.25, 0.3) is 0 Å². The molecule has 5 nitrogen and oxygen atoms in total. The highest BCUT2D eigenvalue weighted by atomic mass is 32.2. The molecule has 1 atom stereocenters. The largest absolute Gasteiger partial charge is 0.350 e. The molecule has 0 saturated heterocycles. The number of anilines is 1. The van der Waals surface area contributed by atoms with Gasteiger partial charge in [0.1, 0.15) is 0 Å². The molecule has 0 aromatic heterocycles. The Kier molecular flexibility index (Phi) is 7.70. The molecule has 0 aliphatic rings. The van der Waals surface area contributed by atoms with Crippen molar-refractivity contribution in [1.29, 1.82) is 0 Å². The zero-order chi connectivity index (χ0) is 23.1. The lowest BCUT2D eigenvalue weighted by Crippen LogP contribution is -2.36. The molecule has 0 bridgehead atoms. The van der Waals surface area contributed by atoms with Crippen LogP contribution in [0.1, 0.15) is 48.2 Å². The van der Waals surface area contributed by atoms with Crippen LogP contribution in [0.15, 0.2) is 83.8 Å². The van der Waals surface area contributed by atoms with E-state index in [1.807, 2.05) is 44.2 Å². The second kappa shape index (κ2) is 10.5. The van der Waals surface area contributed by atoms with Crippen LogP contribution in [0.3, 0.4) is 0 Å². The summed E-state index contributed by atoms with van der Waals surface area (Å²) in [6.45, 7) is 6.04. The summed E-state index contributed by atoms with van der Waals surface area (Å²) in [4.78, 5) is 13.3. The number of nitrogens with zero attached hydrogens (tertiary/aromatic N) is 1. The summed E-state index contributed by atoms with van der Waals surface area (Å²) in [5.41, 5.74) is 2.50. The lowest BCUT2D eigenvalue weighted by atomic mass is 10.1. The molecule has 0 fully saturated rings. The fourth-order valence-corrected chi connectivity index (χ4v) is 5.05. The summed E-state index contributed by atoms with van der Waals surface area (Å²) < 4.78 is 28.8. The van der Waals surface area contributed by atoms with Gasteiger partial charge in [0.25, 0.3) is 15.9 Å². The predicted octanol–water partition coefficient (Wildman–Crippen LogP) is 5.31. The van der Waals surface area contributed by atoms with Crippen LogP contribution >= 0.6 is 0 Å². The van der Waals surface area contributed by atoms with E-state index < -0.39 is 10.0 Å². The number of carbonyl (C=O) groups excluding carboxylic acids is 1. The normalized spacial score (nSPS) is 12.2. The molecule has 3 aromatic rings. The van der Waals surface area contributed by atoms with E-state index in [1.165, 1.54) is 4.31 Å². The number of hydrogen-bond donors (Lipinski definition) is 1. The third kappa shape index (κ3) is 5.56. The SMILES string of the molecule is CCC[C@@H](C)NC(=O)c1ccccc1N(Cc1ccccc1)S(=O)(=O)c1ccc(C)cc1. The van der Waals surface area contributed by atoms with Gasteiger partial charge < -0.3 is 5.32 Å². The second-order valence-corrected chi connectivity index (χ2v) is 9.85. The number of nitrogens with one attached hydrogen (secondary N) is 1. The highest BCUT2D eigenvalue weighted by molar-refractivity contribution is 7.92. The average Bonchev–Trinajstić information content (AvgIpc) is 2.78.